The maximum absolute atomic E-state index is 13.0. The predicted octanol–water partition coefficient (Wildman–Crippen LogP) is 1.02. The van der Waals surface area contributed by atoms with Gasteiger partial charge in [0.2, 0.25) is 21.9 Å². The molecular formula is C11H15ClFN3O3S. The van der Waals surface area contributed by atoms with Crippen LogP contribution < -0.4 is 5.32 Å². The topological polar surface area (TPSA) is 79.4 Å². The van der Waals surface area contributed by atoms with Gasteiger partial charge in [-0.3, -0.25) is 4.79 Å². The van der Waals surface area contributed by atoms with Gasteiger partial charge < -0.3 is 5.32 Å². The van der Waals surface area contributed by atoms with Gasteiger partial charge in [0, 0.05) is 13.6 Å². The van der Waals surface area contributed by atoms with Gasteiger partial charge in [-0.25, -0.2) is 13.4 Å². The summed E-state index contributed by atoms with van der Waals surface area (Å²) < 4.78 is 38.7. The highest BCUT2D eigenvalue weighted by Gasteiger charge is 2.26. The smallest absolute Gasteiger partial charge is 0.245 e. The molecule has 1 amide bonds. The van der Waals surface area contributed by atoms with Gasteiger partial charge in [-0.05, 0) is 12.5 Å². The van der Waals surface area contributed by atoms with Crippen LogP contribution in [0.2, 0.25) is 5.02 Å². The fourth-order valence-electron chi connectivity index (χ4n) is 1.47. The minimum Gasteiger partial charge on any atom is -0.358 e. The van der Waals surface area contributed by atoms with E-state index in [-0.39, 0.29) is 23.0 Å². The van der Waals surface area contributed by atoms with E-state index in [1.54, 1.807) is 6.92 Å². The Morgan fingerprint density at radius 1 is 1.55 bits per heavy atom. The fraction of sp³-hybridized carbons (Fsp3) is 0.455. The van der Waals surface area contributed by atoms with Crippen molar-refractivity contribution in [1.29, 1.82) is 0 Å². The van der Waals surface area contributed by atoms with Crippen molar-refractivity contribution < 1.29 is 17.6 Å². The van der Waals surface area contributed by atoms with Gasteiger partial charge >= 0.3 is 0 Å². The lowest BCUT2D eigenvalue weighted by molar-refractivity contribution is -0.120. The van der Waals surface area contributed by atoms with Crippen molar-refractivity contribution in [3.8, 4) is 0 Å². The van der Waals surface area contributed by atoms with Crippen molar-refractivity contribution in [3.05, 3.63) is 23.2 Å². The van der Waals surface area contributed by atoms with Crippen molar-refractivity contribution >= 4 is 27.5 Å². The van der Waals surface area contributed by atoms with Crippen molar-refractivity contribution in [2.45, 2.75) is 18.2 Å². The van der Waals surface area contributed by atoms with Gasteiger partial charge in [-0.15, -0.1) is 0 Å². The second kappa shape index (κ2) is 6.96. The third-order valence-electron chi connectivity index (χ3n) is 2.48. The van der Waals surface area contributed by atoms with Gasteiger partial charge in [0.05, 0.1) is 17.8 Å². The summed E-state index contributed by atoms with van der Waals surface area (Å²) in [7, 11) is -2.54. The summed E-state index contributed by atoms with van der Waals surface area (Å²) in [5, 5.41) is 1.96. The van der Waals surface area contributed by atoms with Crippen LogP contribution in [0, 0.1) is 5.95 Å². The molecular weight excluding hydrogens is 309 g/mol. The number of halogens is 2. The SMILES string of the molecule is CCCN(CC(=O)NC)S(=O)(=O)c1cnc(F)c(Cl)c1. The number of pyridine rings is 1. The van der Waals surface area contributed by atoms with Gasteiger partial charge in [-0.2, -0.15) is 8.70 Å². The largest absolute Gasteiger partial charge is 0.358 e. The van der Waals surface area contributed by atoms with E-state index in [2.05, 4.69) is 10.3 Å². The molecule has 6 nitrogen and oxygen atoms in total. The number of hydrogen-bond acceptors (Lipinski definition) is 4. The van der Waals surface area contributed by atoms with Crippen LogP contribution in [-0.2, 0) is 14.8 Å². The van der Waals surface area contributed by atoms with E-state index in [0.29, 0.717) is 6.42 Å². The molecule has 0 bridgehead atoms. The average Bonchev–Trinajstić information content (AvgIpc) is 2.40. The van der Waals surface area contributed by atoms with E-state index >= 15 is 0 Å². The maximum atomic E-state index is 13.0. The number of likely N-dealkylation sites (N-methyl/N-ethyl adjacent to an activating group) is 1. The summed E-state index contributed by atoms with van der Waals surface area (Å²) in [6.07, 6.45) is 1.40. The molecule has 0 unspecified atom stereocenters. The molecule has 0 aliphatic heterocycles. The van der Waals surface area contributed by atoms with Crippen LogP contribution in [0.5, 0.6) is 0 Å². The maximum Gasteiger partial charge on any atom is 0.245 e. The first kappa shape index (κ1) is 16.8. The zero-order chi connectivity index (χ0) is 15.3. The van der Waals surface area contributed by atoms with E-state index in [1.807, 2.05) is 0 Å². The summed E-state index contributed by atoms with van der Waals surface area (Å²) in [4.78, 5) is 14.4. The van der Waals surface area contributed by atoms with Crippen LogP contribution in [0.15, 0.2) is 17.2 Å². The fourth-order valence-corrected chi connectivity index (χ4v) is 3.16. The standard InChI is InChI=1S/C11H15ClFN3O3S/c1-3-4-16(7-10(17)14-2)20(18,19)8-5-9(12)11(13)15-6-8/h5-6H,3-4,7H2,1-2H3,(H,14,17). The lowest BCUT2D eigenvalue weighted by Crippen LogP contribution is -2.40. The normalized spacial score (nSPS) is 11.7. The summed E-state index contributed by atoms with van der Waals surface area (Å²) in [6, 6.07) is 0.978. The number of hydrogen-bond donors (Lipinski definition) is 1. The third kappa shape index (κ3) is 3.87. The summed E-state index contributed by atoms with van der Waals surface area (Å²) in [6.45, 7) is 1.62. The minimum atomic E-state index is -3.95. The molecule has 0 aromatic carbocycles. The van der Waals surface area contributed by atoms with Crippen LogP contribution in [0.1, 0.15) is 13.3 Å². The van der Waals surface area contributed by atoms with Crippen molar-refractivity contribution in [2.24, 2.45) is 0 Å². The number of amides is 1. The van der Waals surface area contributed by atoms with Crippen molar-refractivity contribution in [3.63, 3.8) is 0 Å². The van der Waals surface area contributed by atoms with Gasteiger partial charge in [0.25, 0.3) is 0 Å². The zero-order valence-corrected chi connectivity index (χ0v) is 12.6. The molecule has 0 atom stereocenters. The molecule has 1 N–H and O–H groups in total. The first-order chi connectivity index (χ1) is 9.32. The number of nitrogens with one attached hydrogen (secondary N) is 1. The molecule has 1 rings (SSSR count). The number of nitrogens with zero attached hydrogens (tertiary/aromatic N) is 2. The number of carbonyl (C=O) groups excluding carboxylic acids is 1. The Kier molecular flexibility index (Phi) is 5.85. The summed E-state index contributed by atoms with van der Waals surface area (Å²) in [5.41, 5.74) is 0. The van der Waals surface area contributed by atoms with Crippen LogP contribution in [0.25, 0.3) is 0 Å². The second-order valence-corrected chi connectivity index (χ2v) is 6.30. The number of aromatic nitrogens is 1. The molecule has 112 valence electrons. The molecule has 0 saturated heterocycles. The summed E-state index contributed by atoms with van der Waals surface area (Å²) in [5.74, 6) is -1.39. The zero-order valence-electron chi connectivity index (χ0n) is 11.1. The van der Waals surface area contributed by atoms with E-state index in [0.717, 1.165) is 16.6 Å². The lowest BCUT2D eigenvalue weighted by Gasteiger charge is -2.20. The van der Waals surface area contributed by atoms with Gasteiger partial charge in [0.1, 0.15) is 4.90 Å². The van der Waals surface area contributed by atoms with E-state index in [9.17, 15) is 17.6 Å². The molecule has 0 aliphatic rings. The third-order valence-corrected chi connectivity index (χ3v) is 4.56. The molecule has 1 heterocycles. The van der Waals surface area contributed by atoms with E-state index < -0.39 is 21.9 Å². The van der Waals surface area contributed by atoms with Gasteiger partial charge in [0.15, 0.2) is 0 Å². The molecule has 0 spiro atoms. The Balaban J connectivity index is 3.14. The molecule has 0 aliphatic carbocycles. The van der Waals surface area contributed by atoms with Gasteiger partial charge in [-0.1, -0.05) is 18.5 Å². The Bertz CT molecular complexity index is 595. The van der Waals surface area contributed by atoms with E-state index in [1.165, 1.54) is 7.05 Å². The van der Waals surface area contributed by atoms with Crippen LogP contribution in [-0.4, -0.2) is 43.8 Å². The monoisotopic (exact) mass is 323 g/mol. The molecule has 1 aromatic rings. The highest BCUT2D eigenvalue weighted by Crippen LogP contribution is 2.20. The highest BCUT2D eigenvalue weighted by atomic mass is 35.5. The van der Waals surface area contributed by atoms with Crippen molar-refractivity contribution in [1.82, 2.24) is 14.6 Å². The Morgan fingerprint density at radius 3 is 2.70 bits per heavy atom. The van der Waals surface area contributed by atoms with Crippen LogP contribution in [0.4, 0.5) is 4.39 Å². The molecule has 0 fully saturated rings. The molecule has 0 saturated carbocycles. The predicted molar refractivity (Wildman–Crippen MR) is 72.3 cm³/mol. The molecule has 20 heavy (non-hydrogen) atoms. The summed E-state index contributed by atoms with van der Waals surface area (Å²) >= 11 is 5.53. The number of rotatable bonds is 6. The Morgan fingerprint density at radius 2 is 2.20 bits per heavy atom. The first-order valence-corrected chi connectivity index (χ1v) is 7.66. The Labute approximate surface area is 122 Å². The highest BCUT2D eigenvalue weighted by molar-refractivity contribution is 7.89. The van der Waals surface area contributed by atoms with E-state index in [4.69, 9.17) is 11.6 Å². The Hall–Kier alpha value is -1.25. The molecule has 0 radical (unpaired) electrons. The molecule has 9 heteroatoms. The number of carbonyl (C=O) groups is 1. The number of sulfonamides is 1. The van der Waals surface area contributed by atoms with Crippen molar-refractivity contribution in [2.75, 3.05) is 20.1 Å². The molecule has 1 aromatic heterocycles. The van der Waals surface area contributed by atoms with Crippen LogP contribution in [0.3, 0.4) is 0 Å². The minimum absolute atomic E-state index is 0.157. The lowest BCUT2D eigenvalue weighted by atomic mass is 10.4. The quantitative estimate of drug-likeness (QED) is 0.793. The average molecular weight is 324 g/mol. The first-order valence-electron chi connectivity index (χ1n) is 5.84. The second-order valence-electron chi connectivity index (χ2n) is 3.96. The van der Waals surface area contributed by atoms with Crippen LogP contribution >= 0.6 is 11.6 Å².